The van der Waals surface area contributed by atoms with Crippen LogP contribution < -0.4 is 5.32 Å². The number of ether oxygens (including phenoxy) is 1. The molecule has 1 aliphatic heterocycles. The summed E-state index contributed by atoms with van der Waals surface area (Å²) in [4.78, 5) is 15.3. The number of carbonyl (C=O) groups is 1. The average Bonchev–Trinajstić information content (AvgIpc) is 3.00. The smallest absolute Gasteiger partial charge is 0.261 e. The lowest BCUT2D eigenvalue weighted by molar-refractivity contribution is -0.0292. The maximum Gasteiger partial charge on any atom is 0.261 e. The number of carbonyl (C=O) groups excluding carboxylic acids is 1. The molecule has 0 saturated carbocycles. The zero-order chi connectivity index (χ0) is 16.1. The molecule has 5 heteroatoms. The fourth-order valence-corrected chi connectivity index (χ4v) is 3.62. The second kappa shape index (κ2) is 7.73. The zero-order valence-corrected chi connectivity index (χ0v) is 14.1. The standard InChI is InChI=1S/C18H22N2O2S/c1-14-7-10-23-17(14)18(21)19-11-16-13-20(8-9-22-16)12-15-5-3-2-4-6-15/h2-7,10,16H,8-9,11-13H2,1H3,(H,19,21)/t16-/m0/s1. The minimum Gasteiger partial charge on any atom is -0.374 e. The summed E-state index contributed by atoms with van der Waals surface area (Å²) in [6.07, 6.45) is 0.0525. The molecule has 0 radical (unpaired) electrons. The first-order valence-electron chi connectivity index (χ1n) is 7.92. The van der Waals surface area contributed by atoms with Crippen LogP contribution in [-0.2, 0) is 11.3 Å². The summed E-state index contributed by atoms with van der Waals surface area (Å²) >= 11 is 1.48. The molecule has 122 valence electrons. The van der Waals surface area contributed by atoms with Crippen molar-refractivity contribution in [2.75, 3.05) is 26.2 Å². The predicted molar refractivity (Wildman–Crippen MR) is 92.8 cm³/mol. The van der Waals surface area contributed by atoms with Gasteiger partial charge in [-0.3, -0.25) is 9.69 Å². The Labute approximate surface area is 141 Å². The molecule has 0 aliphatic carbocycles. The Balaban J connectivity index is 1.49. The van der Waals surface area contributed by atoms with E-state index in [1.165, 1.54) is 16.9 Å². The Kier molecular flexibility index (Phi) is 5.43. The van der Waals surface area contributed by atoms with Gasteiger partial charge in [0.2, 0.25) is 0 Å². The number of hydrogen-bond acceptors (Lipinski definition) is 4. The SMILES string of the molecule is Cc1ccsc1C(=O)NC[C@H]1CN(Cc2ccccc2)CCO1. The normalized spacial score (nSPS) is 18.7. The zero-order valence-electron chi connectivity index (χ0n) is 13.3. The molecule has 4 nitrogen and oxygen atoms in total. The van der Waals surface area contributed by atoms with Crippen molar-refractivity contribution in [3.05, 3.63) is 57.8 Å². The summed E-state index contributed by atoms with van der Waals surface area (Å²) in [7, 11) is 0. The van der Waals surface area contributed by atoms with Crippen molar-refractivity contribution in [2.45, 2.75) is 19.6 Å². The highest BCUT2D eigenvalue weighted by atomic mass is 32.1. The van der Waals surface area contributed by atoms with Gasteiger partial charge in [-0.15, -0.1) is 11.3 Å². The van der Waals surface area contributed by atoms with Crippen LogP contribution in [0.1, 0.15) is 20.8 Å². The first kappa shape index (κ1) is 16.2. The van der Waals surface area contributed by atoms with E-state index in [1.54, 1.807) is 0 Å². The van der Waals surface area contributed by atoms with Crippen molar-refractivity contribution in [3.63, 3.8) is 0 Å². The van der Waals surface area contributed by atoms with Gasteiger partial charge in [0.25, 0.3) is 5.91 Å². The fraction of sp³-hybridized carbons (Fsp3) is 0.389. The van der Waals surface area contributed by atoms with Crippen LogP contribution in [0.15, 0.2) is 41.8 Å². The second-order valence-corrected chi connectivity index (χ2v) is 6.77. The Hall–Kier alpha value is -1.69. The average molecular weight is 330 g/mol. The van der Waals surface area contributed by atoms with Gasteiger partial charge >= 0.3 is 0 Å². The van der Waals surface area contributed by atoms with Crippen molar-refractivity contribution in [2.24, 2.45) is 0 Å². The molecule has 0 spiro atoms. The summed E-state index contributed by atoms with van der Waals surface area (Å²) in [6.45, 7) is 5.94. The van der Waals surface area contributed by atoms with Crippen LogP contribution in [0.5, 0.6) is 0 Å². The molecule has 0 unspecified atom stereocenters. The van der Waals surface area contributed by atoms with Gasteiger partial charge in [0.15, 0.2) is 0 Å². The highest BCUT2D eigenvalue weighted by molar-refractivity contribution is 7.12. The Morgan fingerprint density at radius 3 is 2.91 bits per heavy atom. The number of aryl methyl sites for hydroxylation is 1. The molecular formula is C18H22N2O2S. The Morgan fingerprint density at radius 1 is 1.35 bits per heavy atom. The van der Waals surface area contributed by atoms with Crippen LogP contribution in [0.4, 0.5) is 0 Å². The number of nitrogens with zero attached hydrogens (tertiary/aromatic N) is 1. The van der Waals surface area contributed by atoms with Crippen LogP contribution in [0.2, 0.25) is 0 Å². The number of thiophene rings is 1. The van der Waals surface area contributed by atoms with Gasteiger partial charge in [0.05, 0.1) is 17.6 Å². The topological polar surface area (TPSA) is 41.6 Å². The Morgan fingerprint density at radius 2 is 2.17 bits per heavy atom. The van der Waals surface area contributed by atoms with Gasteiger partial charge in [0.1, 0.15) is 0 Å². The number of benzene rings is 1. The van der Waals surface area contributed by atoms with Crippen LogP contribution in [0, 0.1) is 6.92 Å². The van der Waals surface area contributed by atoms with Gasteiger partial charge in [0, 0.05) is 26.2 Å². The third kappa shape index (κ3) is 4.41. The molecule has 0 bridgehead atoms. The van der Waals surface area contributed by atoms with E-state index in [0.717, 1.165) is 30.1 Å². The quantitative estimate of drug-likeness (QED) is 0.916. The summed E-state index contributed by atoms with van der Waals surface area (Å²) in [6, 6.07) is 12.4. The summed E-state index contributed by atoms with van der Waals surface area (Å²) in [5, 5.41) is 4.95. The number of hydrogen-bond donors (Lipinski definition) is 1. The van der Waals surface area contributed by atoms with E-state index in [0.29, 0.717) is 13.2 Å². The lowest BCUT2D eigenvalue weighted by Gasteiger charge is -2.33. The maximum atomic E-state index is 12.2. The second-order valence-electron chi connectivity index (χ2n) is 5.86. The van der Waals surface area contributed by atoms with Gasteiger partial charge < -0.3 is 10.1 Å². The number of amides is 1. The molecule has 2 aromatic rings. The van der Waals surface area contributed by atoms with Gasteiger partial charge in [-0.25, -0.2) is 0 Å². The van der Waals surface area contributed by atoms with Crippen molar-refractivity contribution in [3.8, 4) is 0 Å². The number of rotatable bonds is 5. The highest BCUT2D eigenvalue weighted by Gasteiger charge is 2.21. The van der Waals surface area contributed by atoms with Crippen LogP contribution in [0.25, 0.3) is 0 Å². The van der Waals surface area contributed by atoms with Crippen molar-refractivity contribution >= 4 is 17.2 Å². The van der Waals surface area contributed by atoms with Crippen molar-refractivity contribution < 1.29 is 9.53 Å². The third-order valence-electron chi connectivity index (χ3n) is 4.03. The molecule has 1 atom stereocenters. The lowest BCUT2D eigenvalue weighted by atomic mass is 10.2. The molecule has 23 heavy (non-hydrogen) atoms. The van der Waals surface area contributed by atoms with E-state index in [9.17, 15) is 4.79 Å². The number of morpholine rings is 1. The molecule has 3 rings (SSSR count). The van der Waals surface area contributed by atoms with Gasteiger partial charge in [-0.05, 0) is 29.5 Å². The Bertz CT molecular complexity index is 641. The largest absolute Gasteiger partial charge is 0.374 e. The van der Waals surface area contributed by atoms with Crippen molar-refractivity contribution in [1.82, 2.24) is 10.2 Å². The molecule has 1 saturated heterocycles. The molecule has 2 heterocycles. The maximum absolute atomic E-state index is 12.2. The first-order valence-corrected chi connectivity index (χ1v) is 8.80. The van der Waals surface area contributed by atoms with E-state index < -0.39 is 0 Å². The predicted octanol–water partition coefficient (Wildman–Crippen LogP) is 2.69. The monoisotopic (exact) mass is 330 g/mol. The van der Waals surface area contributed by atoms with Gasteiger partial charge in [-0.2, -0.15) is 0 Å². The summed E-state index contributed by atoms with van der Waals surface area (Å²) in [5.41, 5.74) is 2.34. The molecule has 1 aromatic carbocycles. The van der Waals surface area contributed by atoms with E-state index in [1.807, 2.05) is 24.4 Å². The summed E-state index contributed by atoms with van der Waals surface area (Å²) in [5.74, 6) is 0.00119. The van der Waals surface area contributed by atoms with E-state index in [4.69, 9.17) is 4.74 Å². The highest BCUT2D eigenvalue weighted by Crippen LogP contribution is 2.15. The number of nitrogens with one attached hydrogen (secondary N) is 1. The molecule has 1 aromatic heterocycles. The summed E-state index contributed by atoms with van der Waals surface area (Å²) < 4.78 is 5.79. The molecular weight excluding hydrogens is 308 g/mol. The molecule has 1 amide bonds. The third-order valence-corrected chi connectivity index (χ3v) is 5.05. The van der Waals surface area contributed by atoms with Gasteiger partial charge in [-0.1, -0.05) is 30.3 Å². The van der Waals surface area contributed by atoms with E-state index in [-0.39, 0.29) is 12.0 Å². The minimum absolute atomic E-state index is 0.00119. The van der Waals surface area contributed by atoms with Crippen LogP contribution in [-0.4, -0.2) is 43.2 Å². The van der Waals surface area contributed by atoms with E-state index >= 15 is 0 Å². The molecule has 1 N–H and O–H groups in total. The molecule has 1 aliphatic rings. The van der Waals surface area contributed by atoms with Crippen molar-refractivity contribution in [1.29, 1.82) is 0 Å². The fourth-order valence-electron chi connectivity index (χ4n) is 2.78. The minimum atomic E-state index is 0.00119. The van der Waals surface area contributed by atoms with Crippen LogP contribution in [0.3, 0.4) is 0 Å². The molecule has 1 fully saturated rings. The first-order chi connectivity index (χ1) is 11.2. The van der Waals surface area contributed by atoms with Crippen LogP contribution >= 0.6 is 11.3 Å². The van der Waals surface area contributed by atoms with E-state index in [2.05, 4.69) is 34.5 Å². The lowest BCUT2D eigenvalue weighted by Crippen LogP contribution is -2.47.